The highest BCUT2D eigenvalue weighted by atomic mass is 32.2. The highest BCUT2D eigenvalue weighted by Crippen LogP contribution is 2.33. The van der Waals surface area contributed by atoms with Gasteiger partial charge in [0.2, 0.25) is 0 Å². The van der Waals surface area contributed by atoms with E-state index >= 15 is 0 Å². The van der Waals surface area contributed by atoms with Gasteiger partial charge in [0.15, 0.2) is 11.6 Å². The largest absolute Gasteiger partial charge is 0.490 e. The van der Waals surface area contributed by atoms with Gasteiger partial charge in [-0.05, 0) is 25.5 Å². The Morgan fingerprint density at radius 1 is 1.29 bits per heavy atom. The van der Waals surface area contributed by atoms with Gasteiger partial charge in [0.1, 0.15) is 0 Å². The molecule has 1 aromatic rings. The molecule has 0 heterocycles. The first kappa shape index (κ1) is 18.0. The lowest BCUT2D eigenvalue weighted by molar-refractivity contribution is 0.301. The molecule has 0 aliphatic rings. The van der Waals surface area contributed by atoms with Crippen LogP contribution in [0.3, 0.4) is 0 Å². The van der Waals surface area contributed by atoms with Gasteiger partial charge in [0.05, 0.1) is 18.0 Å². The van der Waals surface area contributed by atoms with Gasteiger partial charge in [-0.2, -0.15) is 11.8 Å². The van der Waals surface area contributed by atoms with Crippen molar-refractivity contribution in [3.63, 3.8) is 0 Å². The molecule has 0 atom stereocenters. The third-order valence-electron chi connectivity index (χ3n) is 3.89. The fourth-order valence-corrected chi connectivity index (χ4v) is 2.96. The number of benzene rings is 1. The number of hydrogen-bond donors (Lipinski definition) is 2. The molecule has 1 aromatic carbocycles. The first-order valence-electron chi connectivity index (χ1n) is 7.52. The Morgan fingerprint density at radius 2 is 1.95 bits per heavy atom. The van der Waals surface area contributed by atoms with E-state index in [1.807, 2.05) is 18.7 Å². The molecule has 0 aliphatic carbocycles. The van der Waals surface area contributed by atoms with Crippen LogP contribution >= 0.6 is 11.8 Å². The van der Waals surface area contributed by atoms with Crippen LogP contribution in [0.15, 0.2) is 12.1 Å². The van der Waals surface area contributed by atoms with Gasteiger partial charge in [-0.25, -0.2) is 4.39 Å². The second kappa shape index (κ2) is 8.37. The van der Waals surface area contributed by atoms with Crippen LogP contribution in [-0.2, 0) is 0 Å². The van der Waals surface area contributed by atoms with Crippen LogP contribution in [-0.4, -0.2) is 24.2 Å². The molecule has 0 amide bonds. The van der Waals surface area contributed by atoms with Crippen molar-refractivity contribution in [2.24, 2.45) is 0 Å². The number of halogens is 1. The molecule has 0 saturated carbocycles. The summed E-state index contributed by atoms with van der Waals surface area (Å²) in [6, 6.07) is 2.99. The number of nitrogen functional groups attached to an aromatic ring is 1. The number of nitrogens with two attached hydrogens (primary N) is 1. The molecule has 3 N–H and O–H groups in total. The maximum absolute atomic E-state index is 13.8. The fourth-order valence-electron chi connectivity index (χ4n) is 2.16. The molecule has 0 radical (unpaired) electrons. The highest BCUT2D eigenvalue weighted by Gasteiger charge is 2.25. The Bertz CT molecular complexity index is 442. The van der Waals surface area contributed by atoms with E-state index in [4.69, 9.17) is 10.5 Å². The van der Waals surface area contributed by atoms with Crippen molar-refractivity contribution in [3.8, 4) is 5.75 Å². The van der Waals surface area contributed by atoms with Crippen LogP contribution in [0, 0.1) is 5.82 Å². The fraction of sp³-hybridized carbons (Fsp3) is 0.625. The molecule has 0 unspecified atom stereocenters. The first-order chi connectivity index (χ1) is 10.0. The topological polar surface area (TPSA) is 47.3 Å². The minimum Gasteiger partial charge on any atom is -0.490 e. The average Bonchev–Trinajstić information content (AvgIpc) is 2.49. The van der Waals surface area contributed by atoms with Gasteiger partial charge in [0, 0.05) is 23.4 Å². The number of rotatable bonds is 9. The Balaban J connectivity index is 2.87. The molecule has 0 aromatic heterocycles. The third kappa shape index (κ3) is 4.70. The lowest BCUT2D eigenvalue weighted by Crippen LogP contribution is -2.32. The molecule has 0 bridgehead atoms. The van der Waals surface area contributed by atoms with E-state index in [0.717, 1.165) is 31.5 Å². The number of nitrogens with one attached hydrogen (secondary N) is 1. The van der Waals surface area contributed by atoms with Gasteiger partial charge in [-0.1, -0.05) is 20.8 Å². The normalized spacial score (nSPS) is 11.5. The molecule has 0 spiro atoms. The maximum Gasteiger partial charge on any atom is 0.167 e. The second-order valence-electron chi connectivity index (χ2n) is 5.17. The lowest BCUT2D eigenvalue weighted by Gasteiger charge is -2.30. The summed E-state index contributed by atoms with van der Waals surface area (Å²) < 4.78 is 19.4. The zero-order chi connectivity index (χ0) is 15.9. The SMILES string of the molecule is CCCOc1cc(NCC(CC)(CC)SC)c(N)cc1F. The second-order valence-corrected chi connectivity index (χ2v) is 6.44. The summed E-state index contributed by atoms with van der Waals surface area (Å²) in [6.45, 7) is 7.66. The van der Waals surface area contributed by atoms with Crippen LogP contribution in [0.5, 0.6) is 5.75 Å². The molecular weight excluding hydrogens is 287 g/mol. The lowest BCUT2D eigenvalue weighted by atomic mass is 10.0. The number of hydrogen-bond acceptors (Lipinski definition) is 4. The van der Waals surface area contributed by atoms with Gasteiger partial charge < -0.3 is 15.8 Å². The van der Waals surface area contributed by atoms with E-state index in [2.05, 4.69) is 25.4 Å². The molecule has 0 aliphatic heterocycles. The van der Waals surface area contributed by atoms with E-state index in [0.29, 0.717) is 12.3 Å². The van der Waals surface area contributed by atoms with Crippen LogP contribution in [0.4, 0.5) is 15.8 Å². The highest BCUT2D eigenvalue weighted by molar-refractivity contribution is 8.00. The number of thioether (sulfide) groups is 1. The number of anilines is 2. The summed E-state index contributed by atoms with van der Waals surface area (Å²) >= 11 is 1.86. The Labute approximate surface area is 131 Å². The minimum absolute atomic E-state index is 0.172. The van der Waals surface area contributed by atoms with Gasteiger partial charge in [0.25, 0.3) is 0 Å². The van der Waals surface area contributed by atoms with E-state index in [9.17, 15) is 4.39 Å². The zero-order valence-electron chi connectivity index (χ0n) is 13.5. The molecule has 0 saturated heterocycles. The Morgan fingerprint density at radius 3 is 2.48 bits per heavy atom. The van der Waals surface area contributed by atoms with Crippen molar-refractivity contribution >= 4 is 23.1 Å². The summed E-state index contributed by atoms with van der Waals surface area (Å²) in [7, 11) is 0. The summed E-state index contributed by atoms with van der Waals surface area (Å²) in [5, 5.41) is 3.36. The number of ether oxygens (including phenoxy) is 1. The molecular formula is C16H27FN2OS. The maximum atomic E-state index is 13.8. The molecule has 3 nitrogen and oxygen atoms in total. The van der Waals surface area contributed by atoms with Crippen LogP contribution in [0.1, 0.15) is 40.0 Å². The summed E-state index contributed by atoms with van der Waals surface area (Å²) in [4.78, 5) is 0. The molecule has 21 heavy (non-hydrogen) atoms. The van der Waals surface area contributed by atoms with E-state index in [-0.39, 0.29) is 10.5 Å². The van der Waals surface area contributed by atoms with E-state index in [1.165, 1.54) is 6.07 Å². The first-order valence-corrected chi connectivity index (χ1v) is 8.75. The van der Waals surface area contributed by atoms with Crippen LogP contribution < -0.4 is 15.8 Å². The van der Waals surface area contributed by atoms with Crippen molar-refractivity contribution in [3.05, 3.63) is 17.9 Å². The molecule has 0 fully saturated rings. The van der Waals surface area contributed by atoms with E-state index < -0.39 is 5.82 Å². The van der Waals surface area contributed by atoms with Crippen molar-refractivity contribution < 1.29 is 9.13 Å². The summed E-state index contributed by atoms with van der Waals surface area (Å²) in [5.41, 5.74) is 7.06. The van der Waals surface area contributed by atoms with Crippen molar-refractivity contribution in [2.75, 3.05) is 30.5 Å². The smallest absolute Gasteiger partial charge is 0.167 e. The average molecular weight is 314 g/mol. The summed E-state index contributed by atoms with van der Waals surface area (Å²) in [5.74, 6) is -0.148. The van der Waals surface area contributed by atoms with Crippen LogP contribution in [0.2, 0.25) is 0 Å². The monoisotopic (exact) mass is 314 g/mol. The van der Waals surface area contributed by atoms with Crippen molar-refractivity contribution in [2.45, 2.75) is 44.8 Å². The predicted molar refractivity (Wildman–Crippen MR) is 91.9 cm³/mol. The van der Waals surface area contributed by atoms with Gasteiger partial charge in [-0.15, -0.1) is 0 Å². The minimum atomic E-state index is -0.409. The standard InChI is InChI=1S/C16H27FN2OS/c1-5-8-20-15-10-14(13(18)9-12(15)17)19-11-16(6-2,7-3)21-4/h9-10,19H,5-8,11,18H2,1-4H3. The van der Waals surface area contributed by atoms with Crippen molar-refractivity contribution in [1.82, 2.24) is 0 Å². The van der Waals surface area contributed by atoms with Crippen molar-refractivity contribution in [1.29, 1.82) is 0 Å². The van der Waals surface area contributed by atoms with E-state index in [1.54, 1.807) is 6.07 Å². The third-order valence-corrected chi connectivity index (χ3v) is 5.48. The summed E-state index contributed by atoms with van der Waals surface area (Å²) in [6.07, 6.45) is 5.10. The Hall–Kier alpha value is -1.10. The quantitative estimate of drug-likeness (QED) is 0.657. The predicted octanol–water partition coefficient (Wildman–Crippen LogP) is 4.53. The zero-order valence-corrected chi connectivity index (χ0v) is 14.3. The van der Waals surface area contributed by atoms with Crippen LogP contribution in [0.25, 0.3) is 0 Å². The molecule has 1 rings (SSSR count). The molecule has 120 valence electrons. The molecule has 5 heteroatoms. The van der Waals surface area contributed by atoms with Gasteiger partial charge >= 0.3 is 0 Å². The Kier molecular flexibility index (Phi) is 7.15. The van der Waals surface area contributed by atoms with Gasteiger partial charge in [-0.3, -0.25) is 0 Å².